The van der Waals surface area contributed by atoms with E-state index in [1.165, 1.54) is 24.2 Å². The summed E-state index contributed by atoms with van der Waals surface area (Å²) in [6.07, 6.45) is 4.80. The molecule has 0 bridgehead atoms. The highest BCUT2D eigenvalue weighted by molar-refractivity contribution is 6.02. The molecule has 0 spiro atoms. The summed E-state index contributed by atoms with van der Waals surface area (Å²) in [7, 11) is 0. The minimum absolute atomic E-state index is 0.0167. The first-order valence-electron chi connectivity index (χ1n) is 9.18. The van der Waals surface area contributed by atoms with Gasteiger partial charge in [0.15, 0.2) is 6.61 Å². The van der Waals surface area contributed by atoms with E-state index < -0.39 is 0 Å². The van der Waals surface area contributed by atoms with E-state index in [0.717, 1.165) is 19.5 Å². The van der Waals surface area contributed by atoms with Gasteiger partial charge < -0.3 is 15.0 Å². The Kier molecular flexibility index (Phi) is 5.91. The molecule has 1 fully saturated rings. The van der Waals surface area contributed by atoms with Crippen molar-refractivity contribution in [3.05, 3.63) is 24.3 Å². The van der Waals surface area contributed by atoms with Gasteiger partial charge in [-0.2, -0.15) is 0 Å². The van der Waals surface area contributed by atoms with E-state index in [1.807, 2.05) is 18.2 Å². The molecule has 0 aliphatic carbocycles. The van der Waals surface area contributed by atoms with Crippen LogP contribution in [0.3, 0.4) is 0 Å². The number of nitrogens with one attached hydrogen (secondary N) is 1. The number of fused-ring (bicyclic) bond motifs is 1. The third-order valence-electron chi connectivity index (χ3n) is 4.99. The predicted octanol–water partition coefficient (Wildman–Crippen LogP) is 1.79. The second-order valence-electron chi connectivity index (χ2n) is 6.82. The van der Waals surface area contributed by atoms with Crippen LogP contribution in [-0.2, 0) is 9.59 Å². The number of carbonyl (C=O) groups excluding carboxylic acids is 2. The highest BCUT2D eigenvalue weighted by atomic mass is 16.5. The first-order valence-corrected chi connectivity index (χ1v) is 9.18. The van der Waals surface area contributed by atoms with Crippen molar-refractivity contribution in [2.24, 2.45) is 0 Å². The number of likely N-dealkylation sites (tertiary alicyclic amines) is 1. The zero-order chi connectivity index (χ0) is 17.6. The quantitative estimate of drug-likeness (QED) is 0.799. The lowest BCUT2D eigenvalue weighted by atomic mass is 10.0. The number of benzene rings is 1. The Morgan fingerprint density at radius 2 is 2.16 bits per heavy atom. The second kappa shape index (κ2) is 8.34. The minimum atomic E-state index is -0.184. The van der Waals surface area contributed by atoms with Crippen molar-refractivity contribution in [3.8, 4) is 5.75 Å². The fraction of sp³-hybridized carbons (Fsp3) is 0.579. The van der Waals surface area contributed by atoms with Gasteiger partial charge in [0, 0.05) is 19.1 Å². The number of anilines is 1. The topological polar surface area (TPSA) is 61.9 Å². The van der Waals surface area contributed by atoms with Crippen LogP contribution in [0.15, 0.2) is 24.3 Å². The number of nitrogens with zero attached hydrogens (tertiary/aromatic N) is 2. The van der Waals surface area contributed by atoms with Crippen molar-refractivity contribution >= 4 is 17.5 Å². The highest BCUT2D eigenvalue weighted by Crippen LogP contribution is 2.31. The molecule has 1 aromatic rings. The molecule has 136 valence electrons. The Morgan fingerprint density at radius 3 is 3.00 bits per heavy atom. The first kappa shape index (κ1) is 17.7. The molecule has 2 aliphatic rings. The van der Waals surface area contributed by atoms with Gasteiger partial charge in [0.05, 0.1) is 5.69 Å². The van der Waals surface area contributed by atoms with Crippen molar-refractivity contribution in [1.29, 1.82) is 0 Å². The van der Waals surface area contributed by atoms with Crippen LogP contribution in [-0.4, -0.2) is 55.5 Å². The number of piperidine rings is 1. The smallest absolute Gasteiger partial charge is 0.265 e. The van der Waals surface area contributed by atoms with Gasteiger partial charge in [-0.1, -0.05) is 18.6 Å². The van der Waals surface area contributed by atoms with Gasteiger partial charge in [0.2, 0.25) is 5.91 Å². The summed E-state index contributed by atoms with van der Waals surface area (Å²) < 4.78 is 5.39. The first-order chi connectivity index (χ1) is 12.1. The molecule has 2 aliphatic heterocycles. The average molecular weight is 345 g/mol. The normalized spacial score (nSPS) is 20.8. The lowest BCUT2D eigenvalue weighted by Gasteiger charge is -2.33. The molecule has 3 rings (SSSR count). The fourth-order valence-corrected chi connectivity index (χ4v) is 3.53. The monoisotopic (exact) mass is 345 g/mol. The fourth-order valence-electron chi connectivity index (χ4n) is 3.53. The van der Waals surface area contributed by atoms with E-state index in [0.29, 0.717) is 24.0 Å². The number of ether oxygens (including phenoxy) is 1. The molecule has 1 unspecified atom stereocenters. The van der Waals surface area contributed by atoms with Crippen molar-refractivity contribution in [3.63, 3.8) is 0 Å². The zero-order valence-corrected chi connectivity index (χ0v) is 14.9. The van der Waals surface area contributed by atoms with Gasteiger partial charge in [-0.3, -0.25) is 14.5 Å². The molecular formula is C19H27N3O3. The average Bonchev–Trinajstić information content (AvgIpc) is 2.62. The SMILES string of the molecule is CC1CCCCN1CCCNC(=O)CN1C(=O)COc2ccccc21. The summed E-state index contributed by atoms with van der Waals surface area (Å²) in [6.45, 7) is 5.12. The largest absolute Gasteiger partial charge is 0.482 e. The summed E-state index contributed by atoms with van der Waals surface area (Å²) in [5.74, 6) is 0.335. The van der Waals surface area contributed by atoms with E-state index in [4.69, 9.17) is 4.74 Å². The Balaban J connectivity index is 1.44. The van der Waals surface area contributed by atoms with Crippen molar-refractivity contribution in [1.82, 2.24) is 10.2 Å². The van der Waals surface area contributed by atoms with Crippen LogP contribution in [0, 0.1) is 0 Å². The highest BCUT2D eigenvalue weighted by Gasteiger charge is 2.26. The molecule has 2 heterocycles. The molecule has 0 radical (unpaired) electrons. The van der Waals surface area contributed by atoms with E-state index in [2.05, 4.69) is 17.1 Å². The van der Waals surface area contributed by atoms with E-state index in [-0.39, 0.29) is 25.0 Å². The van der Waals surface area contributed by atoms with Gasteiger partial charge in [-0.25, -0.2) is 0 Å². The van der Waals surface area contributed by atoms with Gasteiger partial charge in [0.25, 0.3) is 5.91 Å². The van der Waals surface area contributed by atoms with E-state index >= 15 is 0 Å². The Hall–Kier alpha value is -2.08. The standard InChI is InChI=1S/C19H27N3O3/c1-15-7-4-5-11-21(15)12-6-10-20-18(23)13-22-16-8-2-3-9-17(16)25-14-19(22)24/h2-3,8-9,15H,4-7,10-14H2,1H3,(H,20,23). The molecule has 2 amide bonds. The van der Waals surface area contributed by atoms with Gasteiger partial charge >= 0.3 is 0 Å². The van der Waals surface area contributed by atoms with E-state index in [9.17, 15) is 9.59 Å². The van der Waals surface area contributed by atoms with E-state index in [1.54, 1.807) is 6.07 Å². The van der Waals surface area contributed by atoms with Crippen molar-refractivity contribution in [2.45, 2.75) is 38.6 Å². The second-order valence-corrected chi connectivity index (χ2v) is 6.82. The number of para-hydroxylation sites is 2. The molecule has 6 heteroatoms. The number of hydrogen-bond donors (Lipinski definition) is 1. The molecule has 0 saturated carbocycles. The number of hydrogen-bond acceptors (Lipinski definition) is 4. The third kappa shape index (κ3) is 4.51. The Bertz CT molecular complexity index is 620. The van der Waals surface area contributed by atoms with Crippen LogP contribution in [0.2, 0.25) is 0 Å². The summed E-state index contributed by atoms with van der Waals surface area (Å²) >= 11 is 0. The van der Waals surface area contributed by atoms with Crippen LogP contribution >= 0.6 is 0 Å². The minimum Gasteiger partial charge on any atom is -0.482 e. The summed E-state index contributed by atoms with van der Waals surface area (Å²) in [6, 6.07) is 7.95. The lowest BCUT2D eigenvalue weighted by molar-refractivity contribution is -0.125. The molecule has 1 saturated heterocycles. The van der Waals surface area contributed by atoms with Crippen molar-refractivity contribution < 1.29 is 14.3 Å². The van der Waals surface area contributed by atoms with Gasteiger partial charge in [-0.15, -0.1) is 0 Å². The lowest BCUT2D eigenvalue weighted by Crippen LogP contribution is -2.45. The van der Waals surface area contributed by atoms with Gasteiger partial charge in [-0.05, 0) is 44.9 Å². The predicted molar refractivity (Wildman–Crippen MR) is 96.8 cm³/mol. The van der Waals surface area contributed by atoms with Gasteiger partial charge in [0.1, 0.15) is 12.3 Å². The molecule has 25 heavy (non-hydrogen) atoms. The maximum atomic E-state index is 12.2. The Morgan fingerprint density at radius 1 is 1.32 bits per heavy atom. The van der Waals surface area contributed by atoms with Crippen LogP contribution in [0.1, 0.15) is 32.6 Å². The number of rotatable bonds is 6. The molecule has 0 aromatic heterocycles. The molecule has 1 atom stereocenters. The van der Waals surface area contributed by atoms with Crippen LogP contribution in [0.4, 0.5) is 5.69 Å². The number of carbonyl (C=O) groups is 2. The summed E-state index contributed by atoms with van der Waals surface area (Å²) in [5.41, 5.74) is 0.663. The summed E-state index contributed by atoms with van der Waals surface area (Å²) in [4.78, 5) is 28.3. The molecule has 6 nitrogen and oxygen atoms in total. The summed E-state index contributed by atoms with van der Waals surface area (Å²) in [5, 5.41) is 2.94. The van der Waals surface area contributed by atoms with Crippen LogP contribution in [0.25, 0.3) is 0 Å². The maximum absolute atomic E-state index is 12.2. The Labute approximate surface area is 149 Å². The van der Waals surface area contributed by atoms with Crippen LogP contribution < -0.4 is 15.0 Å². The molecular weight excluding hydrogens is 318 g/mol. The maximum Gasteiger partial charge on any atom is 0.265 e. The van der Waals surface area contributed by atoms with Crippen molar-refractivity contribution in [2.75, 3.05) is 37.7 Å². The zero-order valence-electron chi connectivity index (χ0n) is 14.9. The molecule has 1 N–H and O–H groups in total. The third-order valence-corrected chi connectivity index (χ3v) is 4.99. The van der Waals surface area contributed by atoms with Crippen LogP contribution in [0.5, 0.6) is 5.75 Å². The molecule has 1 aromatic carbocycles. The number of amides is 2.